The van der Waals surface area contributed by atoms with Crippen molar-refractivity contribution in [3.05, 3.63) is 27.8 Å². The van der Waals surface area contributed by atoms with Crippen LogP contribution >= 0.6 is 22.6 Å². The van der Waals surface area contributed by atoms with E-state index in [0.29, 0.717) is 0 Å². The Bertz CT molecular complexity index is 282. The second-order valence-electron chi connectivity index (χ2n) is 3.50. The van der Waals surface area contributed by atoms with E-state index < -0.39 is 0 Å². The quantitative estimate of drug-likeness (QED) is 0.792. The minimum Gasteiger partial charge on any atom is -0.492 e. The summed E-state index contributed by atoms with van der Waals surface area (Å²) in [5.41, 5.74) is 0. The SMILES string of the molecule is Ic1ccc(OCCN2CCC2)cc1. The molecule has 0 amide bonds. The summed E-state index contributed by atoms with van der Waals surface area (Å²) in [6.45, 7) is 4.36. The standard InChI is InChI=1S/C11H14INO/c12-10-2-4-11(5-3-10)14-9-8-13-6-1-7-13/h2-5H,1,6-9H2. The van der Waals surface area contributed by atoms with Gasteiger partial charge in [-0.25, -0.2) is 0 Å². The van der Waals surface area contributed by atoms with E-state index in [-0.39, 0.29) is 0 Å². The second kappa shape index (κ2) is 4.98. The molecule has 0 spiro atoms. The lowest BCUT2D eigenvalue weighted by Crippen LogP contribution is -2.39. The molecule has 1 aliphatic rings. The molecular weight excluding hydrogens is 289 g/mol. The van der Waals surface area contributed by atoms with Gasteiger partial charge in [-0.3, -0.25) is 4.90 Å². The van der Waals surface area contributed by atoms with Crippen LogP contribution in [0.25, 0.3) is 0 Å². The van der Waals surface area contributed by atoms with E-state index in [9.17, 15) is 0 Å². The molecule has 0 radical (unpaired) electrons. The lowest BCUT2D eigenvalue weighted by molar-refractivity contribution is 0.147. The van der Waals surface area contributed by atoms with Crippen molar-refractivity contribution in [3.63, 3.8) is 0 Å². The lowest BCUT2D eigenvalue weighted by Gasteiger charge is -2.30. The van der Waals surface area contributed by atoms with Crippen molar-refractivity contribution in [2.75, 3.05) is 26.2 Å². The average molecular weight is 303 g/mol. The summed E-state index contributed by atoms with van der Waals surface area (Å²) in [5.74, 6) is 0.978. The van der Waals surface area contributed by atoms with Crippen molar-refractivity contribution in [2.45, 2.75) is 6.42 Å². The molecule has 1 aliphatic heterocycles. The van der Waals surface area contributed by atoms with Gasteiger partial charge in [0.2, 0.25) is 0 Å². The molecular formula is C11H14INO. The van der Waals surface area contributed by atoms with Gasteiger partial charge in [0.15, 0.2) is 0 Å². The molecule has 14 heavy (non-hydrogen) atoms. The number of ether oxygens (including phenoxy) is 1. The fourth-order valence-corrected chi connectivity index (χ4v) is 1.79. The molecule has 0 bridgehead atoms. The zero-order valence-electron chi connectivity index (χ0n) is 8.08. The highest BCUT2D eigenvalue weighted by atomic mass is 127. The molecule has 1 heterocycles. The second-order valence-corrected chi connectivity index (χ2v) is 4.74. The zero-order valence-corrected chi connectivity index (χ0v) is 10.2. The van der Waals surface area contributed by atoms with Crippen molar-refractivity contribution in [3.8, 4) is 5.75 Å². The van der Waals surface area contributed by atoms with Crippen molar-refractivity contribution < 1.29 is 4.74 Å². The maximum Gasteiger partial charge on any atom is 0.119 e. The molecule has 2 rings (SSSR count). The Hall–Kier alpha value is -0.290. The highest BCUT2D eigenvalue weighted by Crippen LogP contribution is 2.13. The van der Waals surface area contributed by atoms with Crippen LogP contribution in [0.3, 0.4) is 0 Å². The molecule has 0 N–H and O–H groups in total. The summed E-state index contributed by atoms with van der Waals surface area (Å²) in [4.78, 5) is 2.41. The van der Waals surface area contributed by atoms with Gasteiger partial charge in [0.25, 0.3) is 0 Å². The van der Waals surface area contributed by atoms with Crippen LogP contribution in [-0.4, -0.2) is 31.1 Å². The molecule has 0 aromatic heterocycles. The van der Waals surface area contributed by atoms with Gasteiger partial charge in [0.1, 0.15) is 12.4 Å². The van der Waals surface area contributed by atoms with Crippen LogP contribution in [0.5, 0.6) is 5.75 Å². The van der Waals surface area contributed by atoms with Gasteiger partial charge in [-0.15, -0.1) is 0 Å². The third kappa shape index (κ3) is 2.85. The first-order valence-electron chi connectivity index (χ1n) is 4.95. The monoisotopic (exact) mass is 303 g/mol. The largest absolute Gasteiger partial charge is 0.492 e. The summed E-state index contributed by atoms with van der Waals surface area (Å²) in [5, 5.41) is 0. The van der Waals surface area contributed by atoms with Crippen LogP contribution in [0.15, 0.2) is 24.3 Å². The predicted molar refractivity (Wildman–Crippen MR) is 65.7 cm³/mol. The van der Waals surface area contributed by atoms with E-state index in [0.717, 1.165) is 18.9 Å². The van der Waals surface area contributed by atoms with Gasteiger partial charge < -0.3 is 4.74 Å². The Morgan fingerprint density at radius 1 is 1.21 bits per heavy atom. The topological polar surface area (TPSA) is 12.5 Å². The maximum atomic E-state index is 5.62. The van der Waals surface area contributed by atoms with Gasteiger partial charge in [0, 0.05) is 10.1 Å². The Labute approximate surface area is 98.4 Å². The molecule has 0 unspecified atom stereocenters. The number of likely N-dealkylation sites (tertiary alicyclic amines) is 1. The van der Waals surface area contributed by atoms with Gasteiger partial charge in [-0.05, 0) is 66.4 Å². The fourth-order valence-electron chi connectivity index (χ4n) is 1.43. The van der Waals surface area contributed by atoms with Gasteiger partial charge >= 0.3 is 0 Å². The van der Waals surface area contributed by atoms with E-state index in [1.807, 2.05) is 12.1 Å². The first kappa shape index (κ1) is 10.2. The Morgan fingerprint density at radius 3 is 2.50 bits per heavy atom. The minimum absolute atomic E-state index is 0.806. The van der Waals surface area contributed by atoms with Crippen molar-refractivity contribution in [1.82, 2.24) is 4.90 Å². The third-order valence-electron chi connectivity index (χ3n) is 2.44. The number of nitrogens with zero attached hydrogens (tertiary/aromatic N) is 1. The fraction of sp³-hybridized carbons (Fsp3) is 0.455. The van der Waals surface area contributed by atoms with Crippen LogP contribution in [0.4, 0.5) is 0 Å². The molecule has 1 fully saturated rings. The minimum atomic E-state index is 0.806. The van der Waals surface area contributed by atoms with E-state index in [1.54, 1.807) is 0 Å². The van der Waals surface area contributed by atoms with Crippen molar-refractivity contribution in [2.24, 2.45) is 0 Å². The molecule has 0 atom stereocenters. The number of rotatable bonds is 4. The van der Waals surface area contributed by atoms with E-state index in [1.165, 1.54) is 23.1 Å². The van der Waals surface area contributed by atoms with Gasteiger partial charge in [-0.1, -0.05) is 0 Å². The molecule has 3 heteroatoms. The summed E-state index contributed by atoms with van der Waals surface area (Å²) in [7, 11) is 0. The number of halogens is 1. The Kier molecular flexibility index (Phi) is 3.64. The van der Waals surface area contributed by atoms with E-state index in [2.05, 4.69) is 39.6 Å². The smallest absolute Gasteiger partial charge is 0.119 e. The number of hydrogen-bond donors (Lipinski definition) is 0. The van der Waals surface area contributed by atoms with Crippen LogP contribution in [-0.2, 0) is 0 Å². The Balaban J connectivity index is 1.71. The molecule has 0 aliphatic carbocycles. The van der Waals surface area contributed by atoms with Gasteiger partial charge in [-0.2, -0.15) is 0 Å². The van der Waals surface area contributed by atoms with Crippen molar-refractivity contribution in [1.29, 1.82) is 0 Å². The average Bonchev–Trinajstić information content (AvgIpc) is 2.12. The summed E-state index contributed by atoms with van der Waals surface area (Å²) in [6.07, 6.45) is 1.35. The number of benzene rings is 1. The van der Waals surface area contributed by atoms with Gasteiger partial charge in [0.05, 0.1) is 0 Å². The lowest BCUT2D eigenvalue weighted by atomic mass is 10.2. The van der Waals surface area contributed by atoms with E-state index in [4.69, 9.17) is 4.74 Å². The first-order valence-corrected chi connectivity index (χ1v) is 6.03. The molecule has 76 valence electrons. The zero-order chi connectivity index (χ0) is 9.80. The molecule has 1 saturated heterocycles. The highest BCUT2D eigenvalue weighted by molar-refractivity contribution is 14.1. The number of hydrogen-bond acceptors (Lipinski definition) is 2. The molecule has 1 aromatic rings. The highest BCUT2D eigenvalue weighted by Gasteiger charge is 2.12. The van der Waals surface area contributed by atoms with Crippen LogP contribution in [0, 0.1) is 3.57 Å². The van der Waals surface area contributed by atoms with E-state index >= 15 is 0 Å². The summed E-state index contributed by atoms with van der Waals surface area (Å²) >= 11 is 2.30. The molecule has 0 saturated carbocycles. The predicted octanol–water partition coefficient (Wildman–Crippen LogP) is 2.38. The maximum absolute atomic E-state index is 5.62. The van der Waals surface area contributed by atoms with Crippen LogP contribution in [0.1, 0.15) is 6.42 Å². The molecule has 1 aromatic carbocycles. The first-order chi connectivity index (χ1) is 6.84. The third-order valence-corrected chi connectivity index (χ3v) is 3.16. The van der Waals surface area contributed by atoms with Crippen LogP contribution < -0.4 is 4.74 Å². The Morgan fingerprint density at radius 2 is 1.93 bits per heavy atom. The summed E-state index contributed by atoms with van der Waals surface area (Å²) < 4.78 is 6.87. The van der Waals surface area contributed by atoms with Crippen LogP contribution in [0.2, 0.25) is 0 Å². The summed E-state index contributed by atoms with van der Waals surface area (Å²) in [6, 6.07) is 8.19. The molecule has 2 nitrogen and oxygen atoms in total. The van der Waals surface area contributed by atoms with Crippen molar-refractivity contribution >= 4 is 22.6 Å². The normalized spacial score (nSPS) is 16.4.